The van der Waals surface area contributed by atoms with Gasteiger partial charge in [0.1, 0.15) is 42.9 Å². The summed E-state index contributed by atoms with van der Waals surface area (Å²) in [6, 6.07) is 13.0. The van der Waals surface area contributed by atoms with Crippen molar-refractivity contribution in [3.8, 4) is 11.5 Å². The van der Waals surface area contributed by atoms with E-state index in [0.717, 1.165) is 89.4 Å². The van der Waals surface area contributed by atoms with Gasteiger partial charge in [0.15, 0.2) is 17.4 Å². The van der Waals surface area contributed by atoms with Crippen LogP contribution in [0.25, 0.3) is 16.7 Å². The average Bonchev–Trinajstić information content (AvgIpc) is 4.00. The van der Waals surface area contributed by atoms with Crippen LogP contribution in [0.4, 0.5) is 17.6 Å². The normalized spacial score (nSPS) is 20.6. The Balaban J connectivity index is 0.863. The molecule has 414 valence electrons. The highest BCUT2D eigenvalue weighted by molar-refractivity contribution is 7.66. The topological polar surface area (TPSA) is 393 Å². The third kappa shape index (κ3) is 12.1. The summed E-state index contributed by atoms with van der Waals surface area (Å²) in [4.78, 5) is 89.8. The summed E-state index contributed by atoms with van der Waals surface area (Å²) in [6.45, 7) is 7.17. The van der Waals surface area contributed by atoms with Crippen LogP contribution in [0.1, 0.15) is 102 Å². The van der Waals surface area contributed by atoms with Crippen LogP contribution in [-0.4, -0.2) is 130 Å². The predicted molar refractivity (Wildman–Crippen MR) is 276 cm³/mol. The van der Waals surface area contributed by atoms with E-state index in [9.17, 15) is 53.2 Å². The van der Waals surface area contributed by atoms with Crippen molar-refractivity contribution in [2.45, 2.75) is 89.8 Å². The fraction of sp³-hybridized carbons (Fsp3) is 0.447. The number of aromatic carboxylic acids is 1. The SMILES string of the molecule is CCN1CCCc2cc3c(cc21)Oc1cc2c(cc1=C3c1cc(C(=O)NCCCCCCNc3nc4c(=O)[nH]c(N)nc4n3[C@@H]3O[C@H](COP(=O)(O)OP(=O)(O)OP(=O)(O)O)[C@@H](O)[C@H]3O)ccc1C(=O)O)CCC[N+]=2CC. The molecule has 4 aliphatic heterocycles. The molecule has 9 rings (SSSR count). The number of aromatic amines is 1. The number of carboxylic acid groups (broad SMARTS) is 1. The maximum Gasteiger partial charge on any atom is 0.490 e. The number of aliphatic hydroxyl groups is 2. The van der Waals surface area contributed by atoms with Gasteiger partial charge in [-0.05, 0) is 87.4 Å². The van der Waals surface area contributed by atoms with E-state index in [2.05, 4.69) is 86.3 Å². The Kier molecular flexibility index (Phi) is 16.3. The molecule has 30 heteroatoms. The van der Waals surface area contributed by atoms with Crippen molar-refractivity contribution < 1.29 is 80.8 Å². The summed E-state index contributed by atoms with van der Waals surface area (Å²) in [5, 5.41) is 40.4. The number of imidazole rings is 1. The zero-order chi connectivity index (χ0) is 55.1. The molecular weight excluding hydrogens is 1070 g/mol. The second-order valence-electron chi connectivity index (χ2n) is 18.8. The summed E-state index contributed by atoms with van der Waals surface area (Å²) in [5.41, 5.74) is 10.2. The standard InChI is InChI=1S/C47H58N9O18P3/c1-3-54-17-9-11-25-19-30-34(22-32(25)54)71-35-23-33-26(12-10-18-55(33)4-2)20-31(35)37(30)29-21-27(13-14-28(29)45(61)62)42(59)49-15-7-5-6-8-16-50-47-51-38-41(52-46(48)53-43(38)60)56(47)44-40(58)39(57)36(72-44)24-70-76(66,67)74-77(68,69)73-75(63,64)65/h13-14,19-23,36,39-40,44,57-58H,3-12,15-18,24H2,1-2H3,(H9-,48,49,50,51,52,53,59,60,61,62,63,64,65,66,67,68,69)/p+1/t36-,39-,40-,44-/m1/s1. The molecule has 3 aromatic carbocycles. The first-order valence-electron chi connectivity index (χ1n) is 24.9. The number of amides is 1. The molecule has 77 heavy (non-hydrogen) atoms. The lowest BCUT2D eigenvalue weighted by molar-refractivity contribution is -0.0493. The summed E-state index contributed by atoms with van der Waals surface area (Å²) >= 11 is 0. The number of phosphoric acid groups is 3. The number of carbonyl (C=O) groups excluding carboxylic acids is 1. The number of nitrogens with two attached hydrogens (primary N) is 1. The fourth-order valence-electron chi connectivity index (χ4n) is 10.3. The zero-order valence-corrected chi connectivity index (χ0v) is 44.4. The lowest BCUT2D eigenvalue weighted by atomic mass is 9.85. The van der Waals surface area contributed by atoms with E-state index in [1.165, 1.54) is 12.1 Å². The van der Waals surface area contributed by atoms with Gasteiger partial charge >= 0.3 is 29.4 Å². The number of hydrogen-bond acceptors (Lipinski definition) is 18. The van der Waals surface area contributed by atoms with Crippen LogP contribution < -0.4 is 46.7 Å². The number of unbranched alkanes of at least 4 members (excludes halogenated alkanes) is 3. The Morgan fingerprint density at radius 2 is 1.65 bits per heavy atom. The molecule has 0 radical (unpaired) electrons. The Hall–Kier alpha value is -5.89. The molecule has 1 saturated heterocycles. The van der Waals surface area contributed by atoms with E-state index in [1.54, 1.807) is 6.07 Å². The van der Waals surface area contributed by atoms with Gasteiger partial charge in [-0.25, -0.2) is 28.0 Å². The molecule has 6 heterocycles. The first kappa shape index (κ1) is 55.9. The number of aromatic nitrogens is 4. The number of ether oxygens (including phenoxy) is 2. The van der Waals surface area contributed by atoms with Crippen molar-refractivity contribution in [2.24, 2.45) is 0 Å². The van der Waals surface area contributed by atoms with E-state index in [4.69, 9.17) is 25.0 Å². The van der Waals surface area contributed by atoms with Crippen molar-refractivity contribution in [1.82, 2.24) is 29.4 Å². The van der Waals surface area contributed by atoms with Crippen LogP contribution in [-0.2, 0) is 44.4 Å². The third-order valence-corrected chi connectivity index (χ3v) is 17.5. The fourth-order valence-corrected chi connectivity index (χ4v) is 13.3. The van der Waals surface area contributed by atoms with Crippen molar-refractivity contribution in [1.29, 1.82) is 0 Å². The van der Waals surface area contributed by atoms with Gasteiger partial charge in [0, 0.05) is 71.8 Å². The van der Waals surface area contributed by atoms with E-state index in [1.807, 2.05) is 0 Å². The van der Waals surface area contributed by atoms with E-state index in [-0.39, 0.29) is 46.6 Å². The van der Waals surface area contributed by atoms with Crippen LogP contribution in [0.3, 0.4) is 0 Å². The van der Waals surface area contributed by atoms with E-state index in [0.29, 0.717) is 54.9 Å². The second kappa shape index (κ2) is 22.5. The van der Waals surface area contributed by atoms with Crippen LogP contribution in [0.2, 0.25) is 0 Å². The molecule has 0 spiro atoms. The molecule has 5 aromatic rings. The highest BCUT2D eigenvalue weighted by Gasteiger charge is 2.48. The summed E-state index contributed by atoms with van der Waals surface area (Å²) < 4.78 is 63.1. The smallest absolute Gasteiger partial charge is 0.478 e. The molecule has 1 fully saturated rings. The second-order valence-corrected chi connectivity index (χ2v) is 23.2. The Morgan fingerprint density at radius 1 is 0.896 bits per heavy atom. The minimum Gasteiger partial charge on any atom is -0.478 e. The molecule has 4 aliphatic rings. The largest absolute Gasteiger partial charge is 0.490 e. The molecule has 12 N–H and O–H groups in total. The highest BCUT2D eigenvalue weighted by atomic mass is 31.3. The van der Waals surface area contributed by atoms with E-state index >= 15 is 0 Å². The number of nitrogens with one attached hydrogen (secondary N) is 3. The van der Waals surface area contributed by atoms with Crippen LogP contribution in [0, 0.1) is 0 Å². The Morgan fingerprint density at radius 3 is 2.38 bits per heavy atom. The minimum absolute atomic E-state index is 0.0499. The maximum absolute atomic E-state index is 13.9. The van der Waals surface area contributed by atoms with Gasteiger partial charge in [-0.3, -0.25) is 23.7 Å². The first-order valence-corrected chi connectivity index (χ1v) is 29.4. The maximum atomic E-state index is 13.9. The van der Waals surface area contributed by atoms with Gasteiger partial charge < -0.3 is 65.6 Å². The molecular formula is C47H59N9O18P3+. The average molecular weight is 1130 g/mol. The minimum atomic E-state index is -5.86. The van der Waals surface area contributed by atoms with Crippen molar-refractivity contribution in [2.75, 3.05) is 61.8 Å². The first-order chi connectivity index (χ1) is 36.5. The van der Waals surface area contributed by atoms with Crippen molar-refractivity contribution in [3.63, 3.8) is 0 Å². The number of nitrogen functional groups attached to an aromatic ring is 1. The van der Waals surface area contributed by atoms with Gasteiger partial charge in [0.05, 0.1) is 18.2 Å². The number of carbonyl (C=O) groups is 2. The molecule has 6 atom stereocenters. The molecule has 2 aromatic heterocycles. The van der Waals surface area contributed by atoms with Gasteiger partial charge in [-0.2, -0.15) is 13.6 Å². The third-order valence-electron chi connectivity index (χ3n) is 13.7. The van der Waals surface area contributed by atoms with Gasteiger partial charge in [-0.1, -0.05) is 12.8 Å². The van der Waals surface area contributed by atoms with Gasteiger partial charge in [0.25, 0.3) is 11.5 Å². The lowest BCUT2D eigenvalue weighted by Crippen LogP contribution is -2.39. The number of aryl methyl sites for hydroxylation is 2. The number of hydrogen-bond donors (Lipinski definition) is 11. The monoisotopic (exact) mass is 1130 g/mol. The number of fused-ring (bicyclic) bond motifs is 5. The van der Waals surface area contributed by atoms with Crippen molar-refractivity contribution >= 4 is 69.7 Å². The molecule has 2 unspecified atom stereocenters. The van der Waals surface area contributed by atoms with Gasteiger partial charge in [-0.15, -0.1) is 0 Å². The van der Waals surface area contributed by atoms with Crippen LogP contribution >= 0.6 is 23.5 Å². The number of phosphoric ester groups is 1. The number of aliphatic hydroxyl groups excluding tert-OH is 2. The molecule has 1 amide bonds. The summed E-state index contributed by atoms with van der Waals surface area (Å²) in [7, 11) is -17.2. The van der Waals surface area contributed by atoms with Gasteiger partial charge in [0.2, 0.25) is 17.3 Å². The number of benzene rings is 3. The summed E-state index contributed by atoms with van der Waals surface area (Å²) in [6.07, 6.45) is -0.931. The number of nitrogens with zero attached hydrogens (tertiary/aromatic N) is 5. The lowest BCUT2D eigenvalue weighted by Gasteiger charge is -2.32. The zero-order valence-electron chi connectivity index (χ0n) is 41.7. The summed E-state index contributed by atoms with van der Waals surface area (Å²) in [5.74, 6) is -0.675. The molecule has 0 aliphatic carbocycles. The van der Waals surface area contributed by atoms with Crippen LogP contribution in [0.15, 0.2) is 47.3 Å². The van der Waals surface area contributed by atoms with E-state index < -0.39 is 66.1 Å². The Labute approximate surface area is 438 Å². The molecule has 0 saturated carbocycles. The quantitative estimate of drug-likeness (QED) is 0.0280. The number of rotatable bonds is 21. The number of anilines is 3. The Bertz CT molecular complexity index is 3500. The molecule has 27 nitrogen and oxygen atoms in total. The number of H-pyrrole nitrogens is 1. The predicted octanol–water partition coefficient (Wildman–Crippen LogP) is 2.35. The number of carboxylic acids is 1. The highest BCUT2D eigenvalue weighted by Crippen LogP contribution is 2.66. The van der Waals surface area contributed by atoms with Crippen LogP contribution in [0.5, 0.6) is 11.5 Å². The van der Waals surface area contributed by atoms with Crippen molar-refractivity contribution in [3.05, 3.63) is 96.8 Å². The molecule has 0 bridgehead atoms.